The Kier molecular flexibility index (Phi) is 4.01. The van der Waals surface area contributed by atoms with Gasteiger partial charge in [-0.2, -0.15) is 0 Å². The largest absolute Gasteiger partial charge is 0.389 e. The summed E-state index contributed by atoms with van der Waals surface area (Å²) < 4.78 is 1.63. The summed E-state index contributed by atoms with van der Waals surface area (Å²) in [5.41, 5.74) is 2.23. The number of hydrogen-bond acceptors (Lipinski definition) is 4. The summed E-state index contributed by atoms with van der Waals surface area (Å²) in [5, 5.41) is 19.1. The van der Waals surface area contributed by atoms with E-state index in [4.69, 9.17) is 0 Å². The Morgan fingerprint density at radius 3 is 3.04 bits per heavy atom. The first-order valence-electron chi connectivity index (χ1n) is 8.51. The van der Waals surface area contributed by atoms with E-state index in [0.29, 0.717) is 19.5 Å². The van der Waals surface area contributed by atoms with Crippen LogP contribution in [0.4, 0.5) is 0 Å². The highest BCUT2D eigenvalue weighted by molar-refractivity contribution is 5.85. The van der Waals surface area contributed by atoms with E-state index < -0.39 is 6.10 Å². The van der Waals surface area contributed by atoms with Crippen molar-refractivity contribution in [2.75, 3.05) is 13.1 Å². The maximum absolute atomic E-state index is 12.7. The summed E-state index contributed by atoms with van der Waals surface area (Å²) in [4.78, 5) is 17.7. The Hall–Kier alpha value is -2.67. The van der Waals surface area contributed by atoms with Gasteiger partial charge in [-0.1, -0.05) is 30.3 Å². The van der Waals surface area contributed by atoms with Crippen LogP contribution >= 0.6 is 0 Å². The molecule has 4 rings (SSSR count). The van der Waals surface area contributed by atoms with Crippen LogP contribution in [-0.4, -0.2) is 55.1 Å². The molecule has 1 aliphatic heterocycles. The van der Waals surface area contributed by atoms with E-state index >= 15 is 0 Å². The van der Waals surface area contributed by atoms with Gasteiger partial charge in [-0.15, -0.1) is 5.10 Å². The molecule has 3 atom stereocenters. The summed E-state index contributed by atoms with van der Waals surface area (Å²) in [6.07, 6.45) is 5.08. The van der Waals surface area contributed by atoms with Crippen LogP contribution in [0.2, 0.25) is 0 Å². The lowest BCUT2D eigenvalue weighted by molar-refractivity contribution is -0.130. The van der Waals surface area contributed by atoms with Crippen LogP contribution in [0.3, 0.4) is 0 Å². The first kappa shape index (κ1) is 15.8. The quantitative estimate of drug-likeness (QED) is 0.757. The van der Waals surface area contributed by atoms with Crippen molar-refractivity contribution in [3.63, 3.8) is 0 Å². The number of fused-ring (bicyclic) bond motifs is 1. The lowest BCUT2D eigenvalue weighted by Crippen LogP contribution is -2.30. The molecule has 3 aromatic rings. The Morgan fingerprint density at radius 1 is 1.40 bits per heavy atom. The highest BCUT2D eigenvalue weighted by atomic mass is 16.3. The summed E-state index contributed by atoms with van der Waals surface area (Å²) in [7, 11) is 0. The lowest BCUT2D eigenvalue weighted by atomic mass is 9.96. The molecule has 7 heteroatoms. The number of aliphatic hydroxyl groups is 1. The van der Waals surface area contributed by atoms with Gasteiger partial charge in [0.15, 0.2) is 0 Å². The van der Waals surface area contributed by atoms with Crippen LogP contribution < -0.4 is 0 Å². The molecule has 2 N–H and O–H groups in total. The van der Waals surface area contributed by atoms with E-state index in [1.807, 2.05) is 24.4 Å². The molecule has 1 unspecified atom stereocenters. The van der Waals surface area contributed by atoms with Crippen molar-refractivity contribution >= 4 is 16.8 Å². The number of aromatic amines is 1. The van der Waals surface area contributed by atoms with Gasteiger partial charge in [-0.3, -0.25) is 4.79 Å². The van der Waals surface area contributed by atoms with Gasteiger partial charge < -0.3 is 15.0 Å². The minimum absolute atomic E-state index is 0.0550. The van der Waals surface area contributed by atoms with E-state index in [2.05, 4.69) is 28.3 Å². The smallest absolute Gasteiger partial charge is 0.223 e. The lowest BCUT2D eigenvalue weighted by Gasteiger charge is -2.18. The molecule has 1 aliphatic rings. The predicted molar refractivity (Wildman–Crippen MR) is 93.0 cm³/mol. The number of aromatic nitrogens is 4. The summed E-state index contributed by atoms with van der Waals surface area (Å²) in [5.74, 6) is 0.158. The Balaban J connectivity index is 1.45. The third kappa shape index (κ3) is 2.91. The first-order valence-corrected chi connectivity index (χ1v) is 8.51. The van der Waals surface area contributed by atoms with Gasteiger partial charge >= 0.3 is 0 Å². The number of amides is 1. The number of nitrogens with one attached hydrogen (secondary N) is 1. The van der Waals surface area contributed by atoms with Crippen molar-refractivity contribution in [1.29, 1.82) is 0 Å². The summed E-state index contributed by atoms with van der Waals surface area (Å²) >= 11 is 0. The number of carbonyl (C=O) groups excluding carboxylic acids is 1. The topological polar surface area (TPSA) is 87.0 Å². The van der Waals surface area contributed by atoms with Crippen LogP contribution in [0.5, 0.6) is 0 Å². The highest BCUT2D eigenvalue weighted by Crippen LogP contribution is 2.29. The van der Waals surface area contributed by atoms with Crippen LogP contribution in [0.1, 0.15) is 30.9 Å². The number of H-pyrrole nitrogens is 1. The molecule has 1 fully saturated rings. The van der Waals surface area contributed by atoms with Crippen molar-refractivity contribution in [3.05, 3.63) is 48.4 Å². The maximum atomic E-state index is 12.7. The zero-order valence-electron chi connectivity index (χ0n) is 14.0. The number of aliphatic hydroxyl groups excluding tert-OH is 1. The van der Waals surface area contributed by atoms with E-state index in [-0.39, 0.29) is 17.9 Å². The van der Waals surface area contributed by atoms with Gasteiger partial charge in [0, 0.05) is 42.8 Å². The Bertz CT molecular complexity index is 873. The minimum atomic E-state index is -0.617. The molecule has 0 saturated carbocycles. The molecule has 0 spiro atoms. The monoisotopic (exact) mass is 339 g/mol. The second-order valence-corrected chi connectivity index (χ2v) is 6.71. The predicted octanol–water partition coefficient (Wildman–Crippen LogP) is 1.70. The average Bonchev–Trinajstić information content (AvgIpc) is 3.33. The normalized spacial score (nSPS) is 21.8. The third-order valence-corrected chi connectivity index (χ3v) is 5.03. The molecule has 25 heavy (non-hydrogen) atoms. The van der Waals surface area contributed by atoms with Crippen molar-refractivity contribution < 1.29 is 9.90 Å². The van der Waals surface area contributed by atoms with Gasteiger partial charge in [-0.25, -0.2) is 4.68 Å². The Morgan fingerprint density at radius 2 is 2.24 bits per heavy atom. The van der Waals surface area contributed by atoms with E-state index in [0.717, 1.165) is 16.5 Å². The molecule has 7 nitrogen and oxygen atoms in total. The molecule has 1 saturated heterocycles. The van der Waals surface area contributed by atoms with Gasteiger partial charge in [-0.05, 0) is 17.5 Å². The standard InChI is InChI=1S/C18H21N5O2/c1-12(14-9-19-15-5-3-2-4-13(14)15)8-18(25)22-10-16(17(24)11-22)23-7-6-20-21-23/h2-7,9,12,16-17,19,24H,8,10-11H2,1H3/t12?,16-,17-/m1/s1. The molecular formula is C18H21N5O2. The van der Waals surface area contributed by atoms with Gasteiger partial charge in [0.25, 0.3) is 0 Å². The number of nitrogens with zero attached hydrogens (tertiary/aromatic N) is 4. The molecule has 130 valence electrons. The number of benzene rings is 1. The van der Waals surface area contributed by atoms with Gasteiger partial charge in [0.05, 0.1) is 18.3 Å². The summed E-state index contributed by atoms with van der Waals surface area (Å²) in [6, 6.07) is 7.88. The van der Waals surface area contributed by atoms with Crippen LogP contribution in [-0.2, 0) is 4.79 Å². The molecule has 3 heterocycles. The number of para-hydroxylation sites is 1. The summed E-state index contributed by atoms with van der Waals surface area (Å²) in [6.45, 7) is 2.86. The van der Waals surface area contributed by atoms with Crippen molar-refractivity contribution in [2.24, 2.45) is 0 Å². The first-order chi connectivity index (χ1) is 12.1. The molecule has 0 aliphatic carbocycles. The average molecular weight is 339 g/mol. The third-order valence-electron chi connectivity index (χ3n) is 5.03. The second kappa shape index (κ2) is 6.33. The zero-order chi connectivity index (χ0) is 17.4. The van der Waals surface area contributed by atoms with E-state index in [1.165, 1.54) is 0 Å². The number of β-amino-alcohol motifs (C(OH)–C–C–N with tert-alkyl or cyclic N) is 1. The van der Waals surface area contributed by atoms with Gasteiger partial charge in [0.1, 0.15) is 0 Å². The van der Waals surface area contributed by atoms with Crippen molar-refractivity contribution in [1.82, 2.24) is 24.9 Å². The Labute approximate surface area is 145 Å². The maximum Gasteiger partial charge on any atom is 0.223 e. The van der Waals surface area contributed by atoms with Crippen LogP contribution in [0.25, 0.3) is 10.9 Å². The molecule has 1 amide bonds. The zero-order valence-corrected chi connectivity index (χ0v) is 14.0. The highest BCUT2D eigenvalue weighted by Gasteiger charge is 2.36. The second-order valence-electron chi connectivity index (χ2n) is 6.71. The van der Waals surface area contributed by atoms with Crippen molar-refractivity contribution in [3.8, 4) is 0 Å². The number of hydrogen-bond donors (Lipinski definition) is 2. The molecule has 1 aromatic carbocycles. The van der Waals surface area contributed by atoms with Crippen LogP contribution in [0, 0.1) is 0 Å². The fourth-order valence-electron chi connectivity index (χ4n) is 3.63. The SMILES string of the molecule is CC(CC(=O)N1C[C@@H](O)[C@H](n2ccnn2)C1)c1c[nH]c2ccccc12. The minimum Gasteiger partial charge on any atom is -0.389 e. The fraction of sp³-hybridized carbons (Fsp3) is 0.389. The van der Waals surface area contributed by atoms with Gasteiger partial charge in [0.2, 0.25) is 5.91 Å². The number of likely N-dealkylation sites (tertiary alicyclic amines) is 1. The van der Waals surface area contributed by atoms with E-state index in [1.54, 1.807) is 22.0 Å². The fourth-order valence-corrected chi connectivity index (χ4v) is 3.63. The number of carbonyl (C=O) groups is 1. The van der Waals surface area contributed by atoms with E-state index in [9.17, 15) is 9.90 Å². The van der Waals surface area contributed by atoms with Crippen molar-refractivity contribution in [2.45, 2.75) is 31.4 Å². The number of rotatable bonds is 4. The van der Waals surface area contributed by atoms with Crippen LogP contribution in [0.15, 0.2) is 42.9 Å². The molecular weight excluding hydrogens is 318 g/mol. The molecule has 0 radical (unpaired) electrons. The molecule has 0 bridgehead atoms. The molecule has 2 aromatic heterocycles.